The third kappa shape index (κ3) is 6.28. The van der Waals surface area contributed by atoms with Gasteiger partial charge in [0.05, 0.1) is 11.1 Å². The zero-order chi connectivity index (χ0) is 29.4. The molecule has 2 heterocycles. The van der Waals surface area contributed by atoms with Gasteiger partial charge in [0, 0.05) is 50.9 Å². The van der Waals surface area contributed by atoms with Crippen molar-refractivity contribution < 1.29 is 40.3 Å². The lowest BCUT2D eigenvalue weighted by molar-refractivity contribution is -0.143. The number of likely N-dealkylation sites (tertiary alicyclic amines) is 1. The fourth-order valence-electron chi connectivity index (χ4n) is 5.08. The Hall–Kier alpha value is -3.90. The summed E-state index contributed by atoms with van der Waals surface area (Å²) in [5.74, 6) is -2.72. The zero-order valence-electron chi connectivity index (χ0n) is 21.4. The van der Waals surface area contributed by atoms with E-state index in [9.17, 15) is 40.3 Å². The predicted octanol–water partition coefficient (Wildman–Crippen LogP) is 5.80. The van der Waals surface area contributed by atoms with Crippen molar-refractivity contribution in [1.29, 1.82) is 0 Å². The van der Waals surface area contributed by atoms with Gasteiger partial charge in [-0.15, -0.1) is 0 Å². The maximum absolute atomic E-state index is 13.9. The second-order valence-corrected chi connectivity index (χ2v) is 9.80. The Morgan fingerprint density at radius 2 is 1.70 bits per heavy atom. The number of H-pyrrole nitrogens is 1. The number of alkyl halides is 6. The van der Waals surface area contributed by atoms with Gasteiger partial charge in [0.15, 0.2) is 5.82 Å². The summed E-state index contributed by atoms with van der Waals surface area (Å²) in [7, 11) is 1.30. The van der Waals surface area contributed by atoms with Crippen molar-refractivity contribution in [1.82, 2.24) is 19.8 Å². The lowest BCUT2D eigenvalue weighted by Gasteiger charge is -2.39. The molecule has 1 N–H and O–H groups in total. The molecule has 1 fully saturated rings. The van der Waals surface area contributed by atoms with Crippen molar-refractivity contribution in [3.05, 3.63) is 88.3 Å². The molecule has 1 aliphatic rings. The molecule has 3 aromatic rings. The molecule has 40 heavy (non-hydrogen) atoms. The van der Waals surface area contributed by atoms with Crippen molar-refractivity contribution in [2.24, 2.45) is 5.92 Å². The Balaban J connectivity index is 1.63. The van der Waals surface area contributed by atoms with Crippen LogP contribution in [-0.2, 0) is 23.7 Å². The highest BCUT2D eigenvalue weighted by Crippen LogP contribution is 2.38. The normalized spacial score (nSPS) is 18.1. The van der Waals surface area contributed by atoms with Crippen LogP contribution in [0.1, 0.15) is 50.8 Å². The summed E-state index contributed by atoms with van der Waals surface area (Å²) in [6.07, 6.45) is -6.97. The molecule has 0 saturated carbocycles. The molecule has 4 rings (SSSR count). The van der Waals surface area contributed by atoms with Gasteiger partial charge in [-0.25, -0.2) is 9.37 Å². The second kappa shape index (κ2) is 10.9. The van der Waals surface area contributed by atoms with Crippen molar-refractivity contribution in [3.63, 3.8) is 0 Å². The average Bonchev–Trinajstić information content (AvgIpc) is 3.41. The maximum atomic E-state index is 13.9. The van der Waals surface area contributed by atoms with Crippen molar-refractivity contribution in [3.8, 4) is 0 Å². The molecule has 0 radical (unpaired) electrons. The van der Waals surface area contributed by atoms with Gasteiger partial charge in [-0.3, -0.25) is 9.59 Å². The van der Waals surface area contributed by atoms with Crippen LogP contribution in [0.3, 0.4) is 0 Å². The van der Waals surface area contributed by atoms with E-state index in [1.54, 1.807) is 6.92 Å². The number of halogens is 7. The summed E-state index contributed by atoms with van der Waals surface area (Å²) in [6.45, 7) is 1.37. The molecule has 2 aromatic carbocycles. The highest BCUT2D eigenvalue weighted by Gasteiger charge is 2.40. The van der Waals surface area contributed by atoms with Gasteiger partial charge in [0.2, 0.25) is 5.91 Å². The van der Waals surface area contributed by atoms with Gasteiger partial charge >= 0.3 is 12.4 Å². The zero-order valence-corrected chi connectivity index (χ0v) is 21.4. The lowest BCUT2D eigenvalue weighted by atomic mass is 9.78. The van der Waals surface area contributed by atoms with Gasteiger partial charge in [-0.05, 0) is 60.4 Å². The molecule has 214 valence electrons. The van der Waals surface area contributed by atoms with Gasteiger partial charge in [-0.2, -0.15) is 26.3 Å². The smallest absolute Gasteiger partial charge is 0.341 e. The molecule has 1 aromatic heterocycles. The minimum atomic E-state index is -5.02. The molecule has 0 aliphatic carbocycles. The van der Waals surface area contributed by atoms with Crippen LogP contribution in [0, 0.1) is 18.7 Å². The monoisotopic (exact) mass is 570 g/mol. The number of carbonyl (C=O) groups excluding carboxylic acids is 2. The van der Waals surface area contributed by atoms with Crippen LogP contribution in [0.5, 0.6) is 0 Å². The van der Waals surface area contributed by atoms with E-state index >= 15 is 0 Å². The van der Waals surface area contributed by atoms with Crippen LogP contribution in [0.15, 0.2) is 48.8 Å². The number of benzene rings is 2. The van der Waals surface area contributed by atoms with E-state index < -0.39 is 59.5 Å². The Bertz CT molecular complexity index is 1350. The standard InChI is InChI=1S/C27H25F7N4O2/c1-15-9-19(28)3-4-20(15)22-14-38(25(40)23-35-6-7-36-23)8-5-21(22)24(39)37(2)13-16-10-17(26(29,30)31)12-18(11-16)27(32,33)34/h3-4,6-7,9-12,21-22H,5,8,13-14H2,1-2H3,(H,35,36). The van der Waals surface area contributed by atoms with E-state index in [0.29, 0.717) is 23.3 Å². The van der Waals surface area contributed by atoms with Crippen LogP contribution in [0.2, 0.25) is 0 Å². The highest BCUT2D eigenvalue weighted by molar-refractivity contribution is 5.91. The van der Waals surface area contributed by atoms with Gasteiger partial charge < -0.3 is 14.8 Å². The van der Waals surface area contributed by atoms with Crippen molar-refractivity contribution in [2.45, 2.75) is 38.2 Å². The number of hydrogen-bond acceptors (Lipinski definition) is 3. The molecule has 0 bridgehead atoms. The van der Waals surface area contributed by atoms with Crippen LogP contribution >= 0.6 is 0 Å². The summed E-state index contributed by atoms with van der Waals surface area (Å²) < 4.78 is 93.8. The first-order valence-electron chi connectivity index (χ1n) is 12.2. The molecule has 0 spiro atoms. The fourth-order valence-corrected chi connectivity index (χ4v) is 5.08. The predicted molar refractivity (Wildman–Crippen MR) is 129 cm³/mol. The number of aromatic amines is 1. The Morgan fingerprint density at radius 3 is 2.25 bits per heavy atom. The minimum Gasteiger partial charge on any atom is -0.341 e. The van der Waals surface area contributed by atoms with Crippen molar-refractivity contribution >= 4 is 11.8 Å². The number of rotatable bonds is 5. The summed E-state index contributed by atoms with van der Waals surface area (Å²) in [5.41, 5.74) is -2.14. The average molecular weight is 571 g/mol. The SMILES string of the molecule is Cc1cc(F)ccc1C1CN(C(=O)c2ncc[nH]2)CCC1C(=O)N(C)Cc1cc(C(F)(F)F)cc(C(F)(F)F)c1. The number of nitrogens with one attached hydrogen (secondary N) is 1. The van der Waals surface area contributed by atoms with Crippen LogP contribution in [0.4, 0.5) is 30.7 Å². The Kier molecular flexibility index (Phi) is 7.95. The number of imidazole rings is 1. The van der Waals surface area contributed by atoms with Gasteiger partial charge in [-0.1, -0.05) is 6.07 Å². The summed E-state index contributed by atoms with van der Waals surface area (Å²) in [5, 5.41) is 0. The first-order valence-corrected chi connectivity index (χ1v) is 12.2. The number of amides is 2. The number of carbonyl (C=O) groups is 2. The number of piperidine rings is 1. The van der Waals surface area contributed by atoms with E-state index in [2.05, 4.69) is 9.97 Å². The van der Waals surface area contributed by atoms with E-state index in [4.69, 9.17) is 0 Å². The number of nitrogens with zero attached hydrogens (tertiary/aromatic N) is 3. The first kappa shape index (κ1) is 29.1. The van der Waals surface area contributed by atoms with Crippen molar-refractivity contribution in [2.75, 3.05) is 20.1 Å². The molecular formula is C27H25F7N4O2. The lowest BCUT2D eigenvalue weighted by Crippen LogP contribution is -2.48. The largest absolute Gasteiger partial charge is 0.416 e. The van der Waals surface area contributed by atoms with Gasteiger partial charge in [0.25, 0.3) is 5.91 Å². The summed E-state index contributed by atoms with van der Waals surface area (Å²) in [4.78, 5) is 35.8. The second-order valence-electron chi connectivity index (χ2n) is 9.80. The topological polar surface area (TPSA) is 69.3 Å². The van der Waals surface area contributed by atoms with E-state index in [1.807, 2.05) is 0 Å². The minimum absolute atomic E-state index is 0.0322. The number of hydrogen-bond donors (Lipinski definition) is 1. The van der Waals surface area contributed by atoms with E-state index in [1.165, 1.54) is 42.5 Å². The third-order valence-corrected chi connectivity index (χ3v) is 6.99. The highest BCUT2D eigenvalue weighted by atomic mass is 19.4. The Morgan fingerprint density at radius 1 is 1.05 bits per heavy atom. The molecular weight excluding hydrogens is 545 g/mol. The van der Waals surface area contributed by atoms with E-state index in [0.717, 1.165) is 4.90 Å². The molecule has 1 aliphatic heterocycles. The fraction of sp³-hybridized carbons (Fsp3) is 0.370. The molecule has 1 saturated heterocycles. The molecule has 13 heteroatoms. The molecule has 6 nitrogen and oxygen atoms in total. The van der Waals surface area contributed by atoms with E-state index in [-0.39, 0.29) is 37.0 Å². The third-order valence-electron chi connectivity index (χ3n) is 6.99. The molecule has 2 atom stereocenters. The van der Waals surface area contributed by atoms with Crippen LogP contribution in [0.25, 0.3) is 0 Å². The number of aryl methyl sites for hydroxylation is 1. The quantitative estimate of drug-likeness (QED) is 0.395. The van der Waals surface area contributed by atoms with Crippen LogP contribution < -0.4 is 0 Å². The summed E-state index contributed by atoms with van der Waals surface area (Å²) in [6, 6.07) is 5.23. The molecule has 2 unspecified atom stereocenters. The number of aromatic nitrogens is 2. The first-order chi connectivity index (χ1) is 18.6. The summed E-state index contributed by atoms with van der Waals surface area (Å²) >= 11 is 0. The molecule has 2 amide bonds. The Labute approximate surface area is 224 Å². The maximum Gasteiger partial charge on any atom is 0.416 e. The van der Waals surface area contributed by atoms with Crippen LogP contribution in [-0.4, -0.2) is 51.7 Å². The van der Waals surface area contributed by atoms with Gasteiger partial charge in [0.1, 0.15) is 5.82 Å².